The highest BCUT2D eigenvalue weighted by Crippen LogP contribution is 2.36. The Kier molecular flexibility index (Phi) is 16.3. The van der Waals surface area contributed by atoms with Gasteiger partial charge in [-0.15, -0.1) is 0 Å². The van der Waals surface area contributed by atoms with Gasteiger partial charge in [0.25, 0.3) is 20.2 Å². The Labute approximate surface area is 474 Å². The Morgan fingerprint density at radius 1 is 0.388 bits per heavy atom. The molecule has 22 nitrogen and oxygen atoms in total. The summed E-state index contributed by atoms with van der Waals surface area (Å²) in [6, 6.07) is 8.65. The van der Waals surface area contributed by atoms with E-state index < -0.39 is 30.0 Å². The molecule has 440 valence electrons. The Morgan fingerprint density at radius 2 is 0.600 bits per heavy atom. The van der Waals surface area contributed by atoms with Gasteiger partial charge in [-0.25, -0.2) is 0 Å². The molecule has 4 fully saturated rings. The number of piperidine rings is 4. The van der Waals surface area contributed by atoms with E-state index in [2.05, 4.69) is 164 Å². The molecule has 0 spiro atoms. The van der Waals surface area contributed by atoms with Crippen LogP contribution >= 0.6 is 0 Å². The molecule has 12 N–H and O–H groups in total. The van der Waals surface area contributed by atoms with E-state index in [0.29, 0.717) is 23.8 Å². The highest BCUT2D eigenvalue weighted by Gasteiger charge is 2.42. The van der Waals surface area contributed by atoms with Crippen molar-refractivity contribution in [3.8, 4) is 0 Å². The van der Waals surface area contributed by atoms with E-state index in [9.17, 15) is 25.9 Å². The van der Waals surface area contributed by atoms with Gasteiger partial charge in [0.2, 0.25) is 35.7 Å². The van der Waals surface area contributed by atoms with Crippen molar-refractivity contribution in [1.29, 1.82) is 0 Å². The molecular weight excluding hydrogens is 1060 g/mol. The van der Waals surface area contributed by atoms with Gasteiger partial charge in [0, 0.05) is 79.9 Å². The first-order valence-electron chi connectivity index (χ1n) is 27.8. The molecule has 0 aliphatic carbocycles. The van der Waals surface area contributed by atoms with Crippen molar-refractivity contribution in [3.05, 3.63) is 47.5 Å². The fraction of sp³-hybridized carbons (Fsp3) is 0.643. The van der Waals surface area contributed by atoms with Crippen molar-refractivity contribution >= 4 is 79.5 Å². The monoisotopic (exact) mass is 1140 g/mol. The van der Waals surface area contributed by atoms with Crippen molar-refractivity contribution < 1.29 is 25.9 Å². The van der Waals surface area contributed by atoms with E-state index in [1.165, 1.54) is 36.4 Å². The minimum absolute atomic E-state index is 0.0182. The molecule has 0 bridgehead atoms. The van der Waals surface area contributed by atoms with Crippen molar-refractivity contribution in [2.45, 2.75) is 240 Å². The first-order valence-corrected chi connectivity index (χ1v) is 30.6. The molecule has 0 unspecified atom stereocenters. The summed E-state index contributed by atoms with van der Waals surface area (Å²) in [5.41, 5.74) is -0.764. The Hall–Kier alpha value is -5.34. The molecular formula is C56H88N16O6S2. The lowest BCUT2D eigenvalue weighted by Crippen LogP contribution is -2.60. The zero-order valence-corrected chi connectivity index (χ0v) is 51.2. The standard InChI is InChI=1S/C56H88N16O6S2/c1-49(2)25-37(26-50(3,4)69-49)59-45-63-43(64-46(67-45)60-38-27-51(5,6)70-52(7,8)28-38)57-35-21-19-33(41(23-35)79(73,74)75)17-18-34-20-22-36(24-42(34)80(76,77)78)58-44-65-47(61-39-29-53(9,10)71-54(11,12)30-39)68-48(66-44)62-40-31-55(13,14)72-56(15,16)32-40/h17-24,37-40,69-72H,25-32H2,1-16H3,(H,73,74,75)(H,76,77,78)(H3,57,59,60,63,64,67)(H3,58,61,62,65,66,68). The number of anilines is 8. The second-order valence-electron chi connectivity index (χ2n) is 28.2. The average Bonchev–Trinajstić information content (AvgIpc) is 3.21. The number of rotatable bonds is 16. The summed E-state index contributed by atoms with van der Waals surface area (Å²) in [5, 5.41) is 35.3. The molecule has 6 heterocycles. The first kappa shape index (κ1) is 60.7. The molecule has 4 aromatic rings. The zero-order chi connectivity index (χ0) is 58.9. The fourth-order valence-corrected chi connectivity index (χ4v) is 15.4. The van der Waals surface area contributed by atoms with Gasteiger partial charge in [-0.3, -0.25) is 9.11 Å². The van der Waals surface area contributed by atoms with Gasteiger partial charge in [0.15, 0.2) is 0 Å². The average molecular weight is 1150 g/mol. The largest absolute Gasteiger partial charge is 0.351 e. The maximum atomic E-state index is 13.1. The van der Waals surface area contributed by atoms with Crippen LogP contribution in [0.5, 0.6) is 0 Å². The number of benzene rings is 2. The van der Waals surface area contributed by atoms with Crippen molar-refractivity contribution in [1.82, 2.24) is 51.2 Å². The van der Waals surface area contributed by atoms with E-state index in [-0.39, 0.29) is 103 Å². The minimum Gasteiger partial charge on any atom is -0.351 e. The van der Waals surface area contributed by atoms with Crippen molar-refractivity contribution in [2.24, 2.45) is 0 Å². The van der Waals surface area contributed by atoms with E-state index in [1.54, 1.807) is 12.1 Å². The Morgan fingerprint density at radius 3 is 0.812 bits per heavy atom. The first-order chi connectivity index (χ1) is 36.5. The van der Waals surface area contributed by atoms with Crippen LogP contribution in [0.3, 0.4) is 0 Å². The third-order valence-corrected chi connectivity index (χ3v) is 16.7. The topological polar surface area (TPSA) is 306 Å². The van der Waals surface area contributed by atoms with Gasteiger partial charge in [0.05, 0.1) is 0 Å². The predicted octanol–water partition coefficient (Wildman–Crippen LogP) is 9.09. The molecule has 4 aliphatic rings. The molecule has 4 aliphatic heterocycles. The quantitative estimate of drug-likeness (QED) is 0.0368. The van der Waals surface area contributed by atoms with E-state index in [4.69, 9.17) is 29.9 Å². The second kappa shape index (κ2) is 21.4. The maximum absolute atomic E-state index is 13.1. The minimum atomic E-state index is -4.88. The molecule has 24 heteroatoms. The van der Waals surface area contributed by atoms with Crippen LogP contribution < -0.4 is 53.2 Å². The Bertz CT molecular complexity index is 2820. The normalized spacial score (nSPS) is 22.8. The highest BCUT2D eigenvalue weighted by molar-refractivity contribution is 7.86. The number of nitrogens with one attached hydrogen (secondary N) is 10. The van der Waals surface area contributed by atoms with Crippen LogP contribution in [0.15, 0.2) is 46.2 Å². The van der Waals surface area contributed by atoms with Crippen LogP contribution in [-0.4, -0.2) is 124 Å². The molecule has 4 saturated heterocycles. The zero-order valence-electron chi connectivity index (χ0n) is 49.6. The highest BCUT2D eigenvalue weighted by atomic mass is 32.2. The second-order valence-corrected chi connectivity index (χ2v) is 31.0. The van der Waals surface area contributed by atoms with Gasteiger partial charge < -0.3 is 53.2 Å². The van der Waals surface area contributed by atoms with Crippen LogP contribution in [0.25, 0.3) is 12.2 Å². The van der Waals surface area contributed by atoms with Crippen LogP contribution in [0.1, 0.15) is 173 Å². The molecule has 0 amide bonds. The van der Waals surface area contributed by atoms with Crippen LogP contribution in [0.2, 0.25) is 0 Å². The van der Waals surface area contributed by atoms with Gasteiger partial charge in [0.1, 0.15) is 9.79 Å². The summed E-state index contributed by atoms with van der Waals surface area (Å²) in [5.74, 6) is 1.59. The molecule has 0 atom stereocenters. The van der Waals surface area contributed by atoms with Gasteiger partial charge in [-0.2, -0.15) is 46.7 Å². The Balaban J connectivity index is 1.07. The van der Waals surface area contributed by atoms with Crippen molar-refractivity contribution in [2.75, 3.05) is 31.9 Å². The SMILES string of the molecule is CC1(C)CC(Nc2nc(Nc3ccc(C=Cc4ccc(Nc5nc(NC6CC(C)(C)NC(C)(C)C6)nc(NC6CC(C)(C)NC(C)(C)C6)n5)cc4S(=O)(=O)O)c(S(=O)(=O)O)c3)nc(NC3CC(C)(C)NC(C)(C)C3)n2)CC(C)(C)N1. The summed E-state index contributed by atoms with van der Waals surface area (Å²) in [7, 11) is -9.75. The third kappa shape index (κ3) is 16.7. The predicted molar refractivity (Wildman–Crippen MR) is 319 cm³/mol. The van der Waals surface area contributed by atoms with Gasteiger partial charge in [-0.1, -0.05) is 24.3 Å². The summed E-state index contributed by atoms with van der Waals surface area (Å²) in [6.07, 6.45) is 9.09. The lowest BCUT2D eigenvalue weighted by atomic mass is 9.79. The number of aromatic nitrogens is 6. The molecule has 2 aromatic heterocycles. The third-order valence-electron chi connectivity index (χ3n) is 14.9. The molecule has 0 saturated carbocycles. The fourth-order valence-electron chi connectivity index (χ4n) is 13.9. The number of hydrogen-bond donors (Lipinski definition) is 12. The maximum Gasteiger partial charge on any atom is 0.295 e. The van der Waals surface area contributed by atoms with Gasteiger partial charge in [-0.05, 0) is 198 Å². The molecule has 2 aromatic carbocycles. The number of hydrogen-bond acceptors (Lipinski definition) is 20. The molecule has 0 radical (unpaired) electrons. The van der Waals surface area contributed by atoms with Crippen LogP contribution in [-0.2, 0) is 20.2 Å². The van der Waals surface area contributed by atoms with Crippen LogP contribution in [0.4, 0.5) is 47.1 Å². The summed E-state index contributed by atoms with van der Waals surface area (Å²) < 4.78 is 73.7. The van der Waals surface area contributed by atoms with Crippen LogP contribution in [0, 0.1) is 0 Å². The lowest BCUT2D eigenvalue weighted by molar-refractivity contribution is 0.169. The number of nitrogens with zero attached hydrogens (tertiary/aromatic N) is 6. The van der Waals surface area contributed by atoms with Gasteiger partial charge >= 0.3 is 0 Å². The summed E-state index contributed by atoms with van der Waals surface area (Å²) >= 11 is 0. The van der Waals surface area contributed by atoms with Crippen molar-refractivity contribution in [3.63, 3.8) is 0 Å². The smallest absolute Gasteiger partial charge is 0.295 e. The molecule has 80 heavy (non-hydrogen) atoms. The summed E-state index contributed by atoms with van der Waals surface area (Å²) in [6.45, 7) is 34.6. The van der Waals surface area contributed by atoms with E-state index in [1.807, 2.05) is 0 Å². The van der Waals surface area contributed by atoms with E-state index >= 15 is 0 Å². The lowest BCUT2D eigenvalue weighted by Gasteiger charge is -2.47. The molecule has 8 rings (SSSR count). The van der Waals surface area contributed by atoms with E-state index in [0.717, 1.165) is 51.4 Å². The summed E-state index contributed by atoms with van der Waals surface area (Å²) in [4.78, 5) is 27.7.